The maximum Gasteiger partial charge on any atom is 0.328 e. The fraction of sp³-hybridized carbons (Fsp3) is 0.240. The number of benzene rings is 2. The molecule has 0 atom stereocenters. The van der Waals surface area contributed by atoms with Crippen LogP contribution in [0.5, 0.6) is 5.75 Å². The zero-order chi connectivity index (χ0) is 25.1. The second-order valence-corrected chi connectivity index (χ2v) is 7.59. The lowest BCUT2D eigenvalue weighted by molar-refractivity contribution is -0.134. The number of likely N-dealkylation sites (N-methyl/N-ethyl adjacent to an activating group) is 1. The van der Waals surface area contributed by atoms with Crippen LogP contribution in [0.2, 0.25) is 0 Å². The van der Waals surface area contributed by atoms with Gasteiger partial charge in [-0.2, -0.15) is 0 Å². The quantitative estimate of drug-likeness (QED) is 0.184. The number of H-pyrrole nitrogens is 1. The van der Waals surface area contributed by atoms with E-state index < -0.39 is 11.9 Å². The third kappa shape index (κ3) is 8.44. The second-order valence-electron chi connectivity index (χ2n) is 7.59. The van der Waals surface area contributed by atoms with Crippen LogP contribution in [0.4, 0.5) is 5.69 Å². The van der Waals surface area contributed by atoms with Crippen molar-refractivity contribution in [3.8, 4) is 5.75 Å². The second kappa shape index (κ2) is 12.8. The highest BCUT2D eigenvalue weighted by Crippen LogP contribution is 2.22. The summed E-state index contributed by atoms with van der Waals surface area (Å²) in [5.74, 6) is -1.29. The highest BCUT2D eigenvalue weighted by molar-refractivity contribution is 6.08. The summed E-state index contributed by atoms with van der Waals surface area (Å²) in [6, 6.07) is 13.8. The van der Waals surface area contributed by atoms with Crippen LogP contribution in [0.25, 0.3) is 10.9 Å². The van der Waals surface area contributed by atoms with Gasteiger partial charge in [0.15, 0.2) is 0 Å². The molecule has 0 aliphatic rings. The average molecular weight is 467 g/mol. The third-order valence-electron chi connectivity index (χ3n) is 4.69. The molecule has 5 N–H and O–H groups in total. The number of carbonyl (C=O) groups is 2. The van der Waals surface area contributed by atoms with Crippen LogP contribution in [0.15, 0.2) is 60.8 Å². The summed E-state index contributed by atoms with van der Waals surface area (Å²) in [7, 11) is 4.16. The molecule has 0 fully saturated rings. The van der Waals surface area contributed by atoms with Gasteiger partial charge in [-0.1, -0.05) is 0 Å². The van der Waals surface area contributed by atoms with Crippen molar-refractivity contribution in [3.05, 3.63) is 71.9 Å². The van der Waals surface area contributed by atoms with E-state index in [0.717, 1.165) is 35.5 Å². The van der Waals surface area contributed by atoms with Crippen molar-refractivity contribution in [2.75, 3.05) is 32.6 Å². The number of carboxylic acid groups (broad SMARTS) is 2. The number of carboxylic acids is 2. The molecule has 9 nitrogen and oxygen atoms in total. The van der Waals surface area contributed by atoms with Crippen LogP contribution in [0.3, 0.4) is 0 Å². The molecule has 1 aromatic heterocycles. The Balaban J connectivity index is 0.000000440. The number of aliphatic carboxylic acids is 2. The predicted molar refractivity (Wildman–Crippen MR) is 133 cm³/mol. The van der Waals surface area contributed by atoms with Gasteiger partial charge in [0.25, 0.3) is 0 Å². The molecule has 3 rings (SSSR count). The lowest BCUT2D eigenvalue weighted by Gasteiger charge is -2.11. The topological polar surface area (TPSA) is 139 Å². The molecule has 0 bridgehead atoms. The number of rotatable bonds is 9. The molecule has 3 aromatic rings. The van der Waals surface area contributed by atoms with Crippen molar-refractivity contribution < 1.29 is 24.5 Å². The van der Waals surface area contributed by atoms with Gasteiger partial charge < -0.3 is 30.2 Å². The third-order valence-corrected chi connectivity index (χ3v) is 4.69. The van der Waals surface area contributed by atoms with E-state index in [2.05, 4.69) is 41.6 Å². The molecule has 0 amide bonds. The minimum absolute atomic E-state index is 0.385. The standard InChI is InChI=1S/C21H26N4O.C4H4O4/c1-4-26-18-8-6-17(7-9-18)24-21(22)15-5-10-20-19(13-15)16(14-23-20)11-12-25(2)3;5-3(6)1-2-4(7)8/h5-10,13-14,23H,4,11-12H2,1-3H3,(H2,22,24);1-2H,(H,5,6)(H,7,8)/b;2-1-. The first kappa shape index (κ1) is 26.1. The van der Waals surface area contributed by atoms with Gasteiger partial charge in [-0.15, -0.1) is 0 Å². The molecular formula is C25H30N4O5. The number of amidine groups is 1. The number of ether oxygens (including phenoxy) is 1. The number of aromatic nitrogens is 1. The van der Waals surface area contributed by atoms with E-state index in [1.54, 1.807) is 0 Å². The Hall–Kier alpha value is -4.11. The molecule has 0 aliphatic carbocycles. The van der Waals surface area contributed by atoms with Crippen molar-refractivity contribution >= 4 is 34.4 Å². The smallest absolute Gasteiger partial charge is 0.328 e. The minimum Gasteiger partial charge on any atom is -0.494 e. The first-order valence-corrected chi connectivity index (χ1v) is 10.7. The van der Waals surface area contributed by atoms with E-state index >= 15 is 0 Å². The summed E-state index contributed by atoms with van der Waals surface area (Å²) >= 11 is 0. The molecule has 0 saturated heterocycles. The number of nitrogens with zero attached hydrogens (tertiary/aromatic N) is 1. The molecule has 0 saturated carbocycles. The van der Waals surface area contributed by atoms with Crippen molar-refractivity contribution in [2.24, 2.45) is 0 Å². The monoisotopic (exact) mass is 466 g/mol. The van der Waals surface area contributed by atoms with Crippen LogP contribution in [-0.2, 0) is 16.0 Å². The fourth-order valence-electron chi connectivity index (χ4n) is 3.05. The van der Waals surface area contributed by atoms with Gasteiger partial charge in [0, 0.05) is 47.0 Å². The van der Waals surface area contributed by atoms with E-state index in [0.29, 0.717) is 24.6 Å². The summed E-state index contributed by atoms with van der Waals surface area (Å²) in [5.41, 5.74) is 4.14. The molecular weight excluding hydrogens is 436 g/mol. The number of aromatic amines is 1. The first-order valence-electron chi connectivity index (χ1n) is 10.7. The highest BCUT2D eigenvalue weighted by atomic mass is 16.5. The van der Waals surface area contributed by atoms with Gasteiger partial charge in [-0.3, -0.25) is 5.41 Å². The molecule has 9 heteroatoms. The maximum atomic E-state index is 9.55. The van der Waals surface area contributed by atoms with Crippen LogP contribution < -0.4 is 10.1 Å². The van der Waals surface area contributed by atoms with E-state index in [1.807, 2.05) is 43.3 Å². The lowest BCUT2D eigenvalue weighted by Crippen LogP contribution is -2.15. The minimum atomic E-state index is -1.26. The lowest BCUT2D eigenvalue weighted by atomic mass is 10.1. The van der Waals surface area contributed by atoms with Crippen LogP contribution in [0.1, 0.15) is 18.1 Å². The summed E-state index contributed by atoms with van der Waals surface area (Å²) in [6.07, 6.45) is 4.17. The van der Waals surface area contributed by atoms with E-state index in [1.165, 1.54) is 10.9 Å². The molecule has 34 heavy (non-hydrogen) atoms. The zero-order valence-electron chi connectivity index (χ0n) is 19.5. The predicted octanol–water partition coefficient (Wildman–Crippen LogP) is 3.82. The number of hydrogen-bond acceptors (Lipinski definition) is 5. The molecule has 0 spiro atoms. The Morgan fingerprint density at radius 1 is 1.09 bits per heavy atom. The molecule has 180 valence electrons. The summed E-state index contributed by atoms with van der Waals surface area (Å²) in [4.78, 5) is 24.6. The maximum absolute atomic E-state index is 9.55. The van der Waals surface area contributed by atoms with E-state index in [9.17, 15) is 9.59 Å². The number of hydrogen-bond donors (Lipinski definition) is 5. The zero-order valence-corrected chi connectivity index (χ0v) is 19.5. The van der Waals surface area contributed by atoms with Crippen LogP contribution in [-0.4, -0.2) is 65.1 Å². The summed E-state index contributed by atoms with van der Waals surface area (Å²) in [5, 5.41) is 28.4. The summed E-state index contributed by atoms with van der Waals surface area (Å²) in [6.45, 7) is 3.61. The average Bonchev–Trinajstić information content (AvgIpc) is 3.20. The van der Waals surface area contributed by atoms with Gasteiger partial charge in [0.1, 0.15) is 11.6 Å². The fourth-order valence-corrected chi connectivity index (χ4v) is 3.05. The van der Waals surface area contributed by atoms with Crippen LogP contribution >= 0.6 is 0 Å². The normalized spacial score (nSPS) is 10.7. The van der Waals surface area contributed by atoms with Crippen LogP contribution in [0, 0.1) is 5.41 Å². The first-order chi connectivity index (χ1) is 16.2. The van der Waals surface area contributed by atoms with Gasteiger partial charge >= 0.3 is 11.9 Å². The van der Waals surface area contributed by atoms with Crippen molar-refractivity contribution in [2.45, 2.75) is 13.3 Å². The Kier molecular flexibility index (Phi) is 9.85. The largest absolute Gasteiger partial charge is 0.494 e. The number of fused-ring (bicyclic) bond motifs is 1. The number of nitrogens with one attached hydrogen (secondary N) is 3. The molecule has 2 aromatic carbocycles. The Morgan fingerprint density at radius 2 is 1.74 bits per heavy atom. The van der Waals surface area contributed by atoms with Gasteiger partial charge in [-0.05, 0) is 75.5 Å². The summed E-state index contributed by atoms with van der Waals surface area (Å²) < 4.78 is 5.45. The van der Waals surface area contributed by atoms with Gasteiger partial charge in [0.2, 0.25) is 0 Å². The van der Waals surface area contributed by atoms with E-state index in [4.69, 9.17) is 20.4 Å². The molecule has 1 heterocycles. The van der Waals surface area contributed by atoms with Crippen molar-refractivity contribution in [1.29, 1.82) is 5.41 Å². The van der Waals surface area contributed by atoms with Gasteiger partial charge in [0.05, 0.1) is 6.61 Å². The van der Waals surface area contributed by atoms with Gasteiger partial charge in [-0.25, -0.2) is 9.59 Å². The molecule has 0 aliphatic heterocycles. The van der Waals surface area contributed by atoms with Crippen molar-refractivity contribution in [1.82, 2.24) is 9.88 Å². The SMILES string of the molecule is CCOc1ccc(NC(=N)c2ccc3[nH]cc(CCN(C)C)c3c2)cc1.O=C(O)/C=C\C(=O)O. The van der Waals surface area contributed by atoms with Crippen molar-refractivity contribution in [3.63, 3.8) is 0 Å². The van der Waals surface area contributed by atoms with E-state index in [-0.39, 0.29) is 0 Å². The highest BCUT2D eigenvalue weighted by Gasteiger charge is 2.08. The Bertz CT molecular complexity index is 1130. The number of anilines is 1. The molecule has 0 unspecified atom stereocenters. The molecule has 0 radical (unpaired) electrons. The Morgan fingerprint density at radius 3 is 2.29 bits per heavy atom. The Labute approximate surface area is 198 Å².